The summed E-state index contributed by atoms with van der Waals surface area (Å²) in [5, 5.41) is 2.93. The number of aromatic nitrogens is 1. The second-order valence-electron chi connectivity index (χ2n) is 6.13. The van der Waals surface area contributed by atoms with E-state index >= 15 is 0 Å². The van der Waals surface area contributed by atoms with Crippen LogP contribution in [0.5, 0.6) is 11.5 Å². The molecule has 1 amide bonds. The zero-order valence-electron chi connectivity index (χ0n) is 16.2. The number of nitrogens with zero attached hydrogens (tertiary/aromatic N) is 2. The predicted octanol–water partition coefficient (Wildman–Crippen LogP) is 3.57. The number of amides is 1. The summed E-state index contributed by atoms with van der Waals surface area (Å²) in [6, 6.07) is 7.59. The number of pyridine rings is 1. The maximum absolute atomic E-state index is 12.4. The molecule has 27 heavy (non-hydrogen) atoms. The molecular weight excluding hydrogens is 410 g/mol. The lowest BCUT2D eigenvalue weighted by Gasteiger charge is -2.14. The maximum Gasteiger partial charge on any atom is 0.224 e. The van der Waals surface area contributed by atoms with E-state index in [2.05, 4.69) is 26.2 Å². The summed E-state index contributed by atoms with van der Waals surface area (Å²) in [5.74, 6) is 2.13. The van der Waals surface area contributed by atoms with Gasteiger partial charge in [-0.3, -0.25) is 4.79 Å². The normalized spacial score (nSPS) is 10.4. The van der Waals surface area contributed by atoms with E-state index in [1.165, 1.54) is 0 Å². The fraction of sp³-hybridized carbons (Fsp3) is 0.400. The number of rotatable bonds is 9. The minimum Gasteiger partial charge on any atom is -0.490 e. The molecule has 0 saturated carbocycles. The molecule has 0 aliphatic carbocycles. The zero-order chi connectivity index (χ0) is 19.8. The third kappa shape index (κ3) is 6.13. The molecule has 146 valence electrons. The Balaban J connectivity index is 2.01. The molecule has 0 unspecified atom stereocenters. The quantitative estimate of drug-likeness (QED) is 0.651. The topological polar surface area (TPSA) is 63.7 Å². The monoisotopic (exact) mass is 435 g/mol. The van der Waals surface area contributed by atoms with Crippen molar-refractivity contribution in [2.75, 3.05) is 32.2 Å². The molecule has 1 N–H and O–H groups in total. The fourth-order valence-electron chi connectivity index (χ4n) is 2.47. The minimum atomic E-state index is -0.0704. The summed E-state index contributed by atoms with van der Waals surface area (Å²) in [7, 11) is 3.88. The molecule has 0 aliphatic heterocycles. The third-order valence-corrected chi connectivity index (χ3v) is 4.56. The van der Waals surface area contributed by atoms with Crippen molar-refractivity contribution in [1.82, 2.24) is 10.3 Å². The molecule has 0 fully saturated rings. The molecule has 2 aromatic rings. The number of nitrogens with one attached hydrogen (secondary N) is 1. The van der Waals surface area contributed by atoms with Crippen LogP contribution in [0.25, 0.3) is 0 Å². The number of halogens is 1. The molecular formula is C20H26BrN3O3. The molecule has 0 saturated heterocycles. The molecule has 0 radical (unpaired) electrons. The van der Waals surface area contributed by atoms with Crippen molar-refractivity contribution in [2.24, 2.45) is 0 Å². The van der Waals surface area contributed by atoms with E-state index in [0.717, 1.165) is 21.4 Å². The first-order chi connectivity index (χ1) is 12.9. The first kappa shape index (κ1) is 21.0. The summed E-state index contributed by atoms with van der Waals surface area (Å²) in [6.07, 6.45) is 2.02. The summed E-state index contributed by atoms with van der Waals surface area (Å²) in [4.78, 5) is 18.6. The van der Waals surface area contributed by atoms with E-state index in [9.17, 15) is 4.79 Å². The smallest absolute Gasteiger partial charge is 0.224 e. The molecule has 0 atom stereocenters. The average molecular weight is 436 g/mol. The Morgan fingerprint density at radius 1 is 1.15 bits per heavy atom. The van der Waals surface area contributed by atoms with Gasteiger partial charge in [0.2, 0.25) is 5.91 Å². The predicted molar refractivity (Wildman–Crippen MR) is 111 cm³/mol. The molecule has 1 heterocycles. The van der Waals surface area contributed by atoms with Crippen LogP contribution in [0.4, 0.5) is 5.82 Å². The first-order valence-electron chi connectivity index (χ1n) is 8.91. The van der Waals surface area contributed by atoms with Crippen molar-refractivity contribution in [3.8, 4) is 11.5 Å². The second kappa shape index (κ2) is 10.2. The van der Waals surface area contributed by atoms with Gasteiger partial charge in [-0.15, -0.1) is 0 Å². The standard InChI is InChI=1S/C20H26BrN3O3/c1-5-26-17-9-15(16(21)11-18(17)27-6-2)10-20(25)23-13-14-7-8-19(22-12-14)24(3)4/h7-9,11-12H,5-6,10,13H2,1-4H3,(H,23,25). The van der Waals surface area contributed by atoms with E-state index in [-0.39, 0.29) is 12.3 Å². The Hall–Kier alpha value is -2.28. The average Bonchev–Trinajstić information content (AvgIpc) is 2.64. The van der Waals surface area contributed by atoms with Gasteiger partial charge in [0, 0.05) is 31.3 Å². The van der Waals surface area contributed by atoms with Gasteiger partial charge >= 0.3 is 0 Å². The highest BCUT2D eigenvalue weighted by atomic mass is 79.9. The van der Waals surface area contributed by atoms with Crippen LogP contribution in [0.15, 0.2) is 34.9 Å². The van der Waals surface area contributed by atoms with E-state index < -0.39 is 0 Å². The Labute approximate surface area is 169 Å². The van der Waals surface area contributed by atoms with Crippen LogP contribution >= 0.6 is 15.9 Å². The van der Waals surface area contributed by atoms with Gasteiger partial charge in [0.05, 0.1) is 19.6 Å². The van der Waals surface area contributed by atoms with Gasteiger partial charge in [-0.05, 0) is 43.2 Å². The Morgan fingerprint density at radius 2 is 1.81 bits per heavy atom. The molecule has 2 rings (SSSR count). The highest BCUT2D eigenvalue weighted by Gasteiger charge is 2.13. The lowest BCUT2D eigenvalue weighted by molar-refractivity contribution is -0.120. The number of anilines is 1. The number of carbonyl (C=O) groups is 1. The number of hydrogen-bond acceptors (Lipinski definition) is 5. The van der Waals surface area contributed by atoms with Crippen LogP contribution in [0, 0.1) is 0 Å². The van der Waals surface area contributed by atoms with Crippen LogP contribution in [-0.2, 0) is 17.8 Å². The van der Waals surface area contributed by atoms with Crippen molar-refractivity contribution in [2.45, 2.75) is 26.8 Å². The van der Waals surface area contributed by atoms with Gasteiger partial charge in [0.1, 0.15) is 5.82 Å². The SMILES string of the molecule is CCOc1cc(Br)c(CC(=O)NCc2ccc(N(C)C)nc2)cc1OCC. The molecule has 6 nitrogen and oxygen atoms in total. The van der Waals surface area contributed by atoms with Gasteiger partial charge in [0.25, 0.3) is 0 Å². The van der Waals surface area contributed by atoms with E-state index in [0.29, 0.717) is 31.3 Å². The van der Waals surface area contributed by atoms with Crippen molar-refractivity contribution in [3.63, 3.8) is 0 Å². The Kier molecular flexibility index (Phi) is 7.91. The molecule has 0 aliphatic rings. The van der Waals surface area contributed by atoms with Crippen molar-refractivity contribution < 1.29 is 14.3 Å². The third-order valence-electron chi connectivity index (χ3n) is 3.82. The lowest BCUT2D eigenvalue weighted by Crippen LogP contribution is -2.25. The number of ether oxygens (including phenoxy) is 2. The van der Waals surface area contributed by atoms with Crippen molar-refractivity contribution in [3.05, 3.63) is 46.1 Å². The van der Waals surface area contributed by atoms with Crippen LogP contribution in [0.1, 0.15) is 25.0 Å². The fourth-order valence-corrected chi connectivity index (χ4v) is 2.93. The largest absolute Gasteiger partial charge is 0.490 e. The number of carbonyl (C=O) groups excluding carboxylic acids is 1. The van der Waals surface area contributed by atoms with Gasteiger partial charge in [-0.1, -0.05) is 22.0 Å². The van der Waals surface area contributed by atoms with Gasteiger partial charge < -0.3 is 19.7 Å². The zero-order valence-corrected chi connectivity index (χ0v) is 17.8. The van der Waals surface area contributed by atoms with Crippen molar-refractivity contribution >= 4 is 27.7 Å². The van der Waals surface area contributed by atoms with E-state index in [4.69, 9.17) is 9.47 Å². The lowest BCUT2D eigenvalue weighted by atomic mass is 10.1. The molecule has 1 aromatic carbocycles. The number of hydrogen-bond donors (Lipinski definition) is 1. The minimum absolute atomic E-state index is 0.0704. The van der Waals surface area contributed by atoms with Gasteiger partial charge in [0.15, 0.2) is 11.5 Å². The van der Waals surface area contributed by atoms with Gasteiger partial charge in [-0.25, -0.2) is 4.98 Å². The van der Waals surface area contributed by atoms with Crippen LogP contribution in [0.3, 0.4) is 0 Å². The van der Waals surface area contributed by atoms with E-state index in [1.807, 2.05) is 57.1 Å². The van der Waals surface area contributed by atoms with Crippen LogP contribution < -0.4 is 19.7 Å². The highest BCUT2D eigenvalue weighted by Crippen LogP contribution is 2.34. The van der Waals surface area contributed by atoms with E-state index in [1.54, 1.807) is 6.20 Å². The summed E-state index contributed by atoms with van der Waals surface area (Å²) in [5.41, 5.74) is 1.80. The Morgan fingerprint density at radius 3 is 2.37 bits per heavy atom. The molecule has 0 bridgehead atoms. The maximum atomic E-state index is 12.4. The van der Waals surface area contributed by atoms with Gasteiger partial charge in [-0.2, -0.15) is 0 Å². The second-order valence-corrected chi connectivity index (χ2v) is 6.98. The highest BCUT2D eigenvalue weighted by molar-refractivity contribution is 9.10. The molecule has 7 heteroatoms. The summed E-state index contributed by atoms with van der Waals surface area (Å²) < 4.78 is 12.1. The molecule has 1 aromatic heterocycles. The summed E-state index contributed by atoms with van der Waals surface area (Å²) >= 11 is 3.52. The Bertz CT molecular complexity index is 764. The molecule has 0 spiro atoms. The van der Waals surface area contributed by atoms with Crippen molar-refractivity contribution in [1.29, 1.82) is 0 Å². The van der Waals surface area contributed by atoms with Crippen LogP contribution in [-0.4, -0.2) is 38.2 Å². The summed E-state index contributed by atoms with van der Waals surface area (Å²) in [6.45, 7) is 5.35. The number of benzene rings is 1. The first-order valence-corrected chi connectivity index (χ1v) is 9.70. The van der Waals surface area contributed by atoms with Crippen LogP contribution in [0.2, 0.25) is 0 Å².